The number of hydrogen-bond donors (Lipinski definition) is 2. The van der Waals surface area contributed by atoms with Crippen molar-refractivity contribution in [1.29, 1.82) is 0 Å². The van der Waals surface area contributed by atoms with Crippen molar-refractivity contribution in [2.24, 2.45) is 19.9 Å². The summed E-state index contributed by atoms with van der Waals surface area (Å²) in [5.41, 5.74) is 3.24. The number of anilines is 1. The standard InChI is InChI=1S/C28H27ClN8O2.C2HF3O2/c1-16-5-4-6-24(22-10-17(7-8-30-22)27-23(34-28(16)39)14-33-36(27)3)37-15-31-21(12-25(37)38)20-11-19(29)9-18-13-32-35(2)26(18)20;3-2(4,5)1(6)7/h7-16,24H,4-6H2,1-3H3,(H,34,39);(H,6,7)/t16-,24+;/m1./s1/i3D3;. The Hall–Kier alpha value is -5.05. The number of nitrogens with one attached hydrogen (secondary N) is 1. The molecule has 0 unspecified atom stereocenters. The number of carbonyl (C=O) groups excluding carboxylic acids is 1. The Kier molecular flexibility index (Phi) is 7.88. The van der Waals surface area contributed by atoms with E-state index < -0.39 is 25.2 Å². The second-order valence-electron chi connectivity index (χ2n) is 10.6. The number of fused-ring (bicyclic) bond motifs is 5. The molecule has 0 saturated heterocycles. The predicted octanol–water partition coefficient (Wildman–Crippen LogP) is 5.23. The van der Waals surface area contributed by atoms with Crippen molar-refractivity contribution in [3.63, 3.8) is 0 Å². The van der Waals surface area contributed by atoms with Crippen LogP contribution in [0.4, 0.5) is 18.9 Å². The maximum atomic E-state index is 13.7. The molecule has 2 N–H and O–H groups in total. The van der Waals surface area contributed by atoms with Crippen LogP contribution >= 0.6 is 11.6 Å². The molecule has 6 rings (SSSR count). The summed E-state index contributed by atoms with van der Waals surface area (Å²) in [6.07, 6.45) is 2.71. The molecule has 0 spiro atoms. The molecule has 0 radical (unpaired) electrons. The number of hydrogen-bond acceptors (Lipinski definition) is 7. The quantitative estimate of drug-likeness (QED) is 0.262. The summed E-state index contributed by atoms with van der Waals surface area (Å²) in [4.78, 5) is 44.8. The van der Waals surface area contributed by atoms with Crippen LogP contribution in [0.15, 0.2) is 60.0 Å². The van der Waals surface area contributed by atoms with E-state index in [1.807, 2.05) is 20.0 Å². The second kappa shape index (κ2) is 12.7. The van der Waals surface area contributed by atoms with Gasteiger partial charge in [-0.3, -0.25) is 28.5 Å². The summed E-state index contributed by atoms with van der Waals surface area (Å²) in [6, 6.07) is 7.92. The smallest absolute Gasteiger partial charge is 0.475 e. The van der Waals surface area contributed by atoms with Crippen LogP contribution in [0.25, 0.3) is 33.4 Å². The highest BCUT2D eigenvalue weighted by Crippen LogP contribution is 2.33. The molecule has 5 heterocycles. The SMILES string of the molecule is O=C(O)C(F)(F)F.[2H]C([2H])([2H])n1ncc2c1-c1ccnc(c1)[C@@H](n1cnc(-c3cc(Cl)cc4cnn(C)c34)cc1=O)CCC[C@@H](C)C(=O)N2. The second-order valence-corrected chi connectivity index (χ2v) is 11.0. The largest absolute Gasteiger partial charge is 0.490 e. The maximum Gasteiger partial charge on any atom is 0.490 e. The van der Waals surface area contributed by atoms with Crippen molar-refractivity contribution < 1.29 is 32.0 Å². The van der Waals surface area contributed by atoms with Gasteiger partial charge in [0, 0.05) is 57.9 Å². The minimum Gasteiger partial charge on any atom is -0.475 e. The number of benzene rings is 1. The molecule has 0 saturated carbocycles. The monoisotopic (exact) mass is 659 g/mol. The Balaban J connectivity index is 0.000000606. The van der Waals surface area contributed by atoms with Gasteiger partial charge in [0.05, 0.1) is 53.0 Å². The lowest BCUT2D eigenvalue weighted by molar-refractivity contribution is -0.192. The van der Waals surface area contributed by atoms with Crippen molar-refractivity contribution in [1.82, 2.24) is 34.1 Å². The number of halogens is 4. The van der Waals surface area contributed by atoms with Crippen LogP contribution in [0.2, 0.25) is 5.02 Å². The van der Waals surface area contributed by atoms with Gasteiger partial charge in [0.15, 0.2) is 0 Å². The molecule has 1 aliphatic rings. The Morgan fingerprint density at radius 2 is 1.85 bits per heavy atom. The highest BCUT2D eigenvalue weighted by molar-refractivity contribution is 6.31. The Morgan fingerprint density at radius 3 is 2.54 bits per heavy atom. The van der Waals surface area contributed by atoms with E-state index in [-0.39, 0.29) is 23.1 Å². The van der Waals surface area contributed by atoms with Crippen LogP contribution in [0.1, 0.15) is 42.0 Å². The van der Waals surface area contributed by atoms with Gasteiger partial charge in [0.2, 0.25) is 5.91 Å². The van der Waals surface area contributed by atoms with Gasteiger partial charge in [-0.1, -0.05) is 24.9 Å². The van der Waals surface area contributed by atoms with Crippen LogP contribution in [0.5, 0.6) is 0 Å². The lowest BCUT2D eigenvalue weighted by Gasteiger charge is -2.22. The first-order valence-corrected chi connectivity index (χ1v) is 14.2. The molecule has 240 valence electrons. The third kappa shape index (κ3) is 6.63. The summed E-state index contributed by atoms with van der Waals surface area (Å²) in [5, 5.41) is 19.7. The number of carbonyl (C=O) groups is 2. The minimum absolute atomic E-state index is 0.237. The van der Waals surface area contributed by atoms with Gasteiger partial charge in [-0.05, 0) is 37.1 Å². The summed E-state index contributed by atoms with van der Waals surface area (Å²) >= 11 is 6.36. The lowest BCUT2D eigenvalue weighted by Crippen LogP contribution is -2.27. The van der Waals surface area contributed by atoms with E-state index in [1.165, 1.54) is 23.2 Å². The van der Waals surface area contributed by atoms with Crippen molar-refractivity contribution in [2.45, 2.75) is 38.4 Å². The average Bonchev–Trinajstić information content (AvgIpc) is 3.62. The molecular weight excluding hydrogens is 629 g/mol. The number of pyridine rings is 1. The number of aromatic nitrogens is 7. The van der Waals surface area contributed by atoms with Gasteiger partial charge < -0.3 is 10.4 Å². The normalized spacial score (nSPS) is 18.0. The maximum absolute atomic E-state index is 13.7. The highest BCUT2D eigenvalue weighted by atomic mass is 35.5. The first-order chi connectivity index (χ1) is 23.0. The average molecular weight is 660 g/mol. The molecule has 1 aliphatic heterocycles. The number of nitrogens with zero attached hydrogens (tertiary/aromatic N) is 7. The van der Waals surface area contributed by atoms with Crippen LogP contribution in [-0.4, -0.2) is 57.3 Å². The summed E-state index contributed by atoms with van der Waals surface area (Å²) in [7, 11) is 1.81. The van der Waals surface area contributed by atoms with Gasteiger partial charge >= 0.3 is 12.1 Å². The van der Waals surface area contributed by atoms with Crippen LogP contribution in [0, 0.1) is 5.92 Å². The van der Waals surface area contributed by atoms with Gasteiger partial charge in [0.1, 0.15) is 0 Å². The fourth-order valence-electron chi connectivity index (χ4n) is 5.20. The Morgan fingerprint density at radius 1 is 1.11 bits per heavy atom. The molecule has 0 aliphatic carbocycles. The van der Waals surface area contributed by atoms with E-state index in [1.54, 1.807) is 35.3 Å². The molecule has 2 atom stereocenters. The molecule has 2 bridgehead atoms. The van der Waals surface area contributed by atoms with Crippen LogP contribution < -0.4 is 10.9 Å². The molecular formula is C30H28ClF3N8O4. The summed E-state index contributed by atoms with van der Waals surface area (Å²) in [5.74, 6) is -3.35. The molecule has 1 aromatic carbocycles. The third-order valence-electron chi connectivity index (χ3n) is 7.47. The van der Waals surface area contributed by atoms with Crippen molar-refractivity contribution in [2.75, 3.05) is 5.32 Å². The topological polar surface area (TPSA) is 150 Å². The molecule has 5 aromatic rings. The Bertz CT molecular complexity index is 2110. The van der Waals surface area contributed by atoms with Crippen LogP contribution in [-0.2, 0) is 23.6 Å². The molecule has 46 heavy (non-hydrogen) atoms. The van der Waals surface area contributed by atoms with Crippen molar-refractivity contribution in [3.05, 3.63) is 76.3 Å². The zero-order valence-electron chi connectivity index (χ0n) is 27.3. The Labute approximate surface area is 268 Å². The van der Waals surface area contributed by atoms with Gasteiger partial charge in [-0.25, -0.2) is 9.78 Å². The lowest BCUT2D eigenvalue weighted by atomic mass is 9.97. The number of carboxylic acids is 1. The fraction of sp³-hybridized carbons (Fsp3) is 0.300. The molecule has 12 nitrogen and oxygen atoms in total. The van der Waals surface area contributed by atoms with E-state index in [4.69, 9.17) is 25.6 Å². The van der Waals surface area contributed by atoms with E-state index in [9.17, 15) is 22.8 Å². The minimum atomic E-state index is -5.08. The predicted molar refractivity (Wildman–Crippen MR) is 163 cm³/mol. The van der Waals surface area contributed by atoms with E-state index in [0.717, 1.165) is 15.6 Å². The summed E-state index contributed by atoms with van der Waals surface area (Å²) < 4.78 is 59.9. The molecule has 1 amide bonds. The van der Waals surface area contributed by atoms with Gasteiger partial charge in [-0.15, -0.1) is 0 Å². The zero-order chi connectivity index (χ0) is 35.8. The first-order valence-electron chi connectivity index (χ1n) is 15.3. The van der Waals surface area contributed by atoms with E-state index >= 15 is 0 Å². The molecule has 16 heteroatoms. The number of aliphatic carboxylic acids is 1. The highest BCUT2D eigenvalue weighted by Gasteiger charge is 2.38. The van der Waals surface area contributed by atoms with Gasteiger partial charge in [0.25, 0.3) is 5.56 Å². The zero-order valence-corrected chi connectivity index (χ0v) is 25.0. The fourth-order valence-corrected chi connectivity index (χ4v) is 5.43. The number of carboxylic acid groups (broad SMARTS) is 1. The number of amides is 1. The van der Waals surface area contributed by atoms with E-state index in [2.05, 4.69) is 25.5 Å². The van der Waals surface area contributed by atoms with Crippen molar-refractivity contribution in [3.8, 4) is 22.5 Å². The number of alkyl halides is 3. The first kappa shape index (κ1) is 28.4. The third-order valence-corrected chi connectivity index (χ3v) is 7.69. The van der Waals surface area contributed by atoms with Crippen LogP contribution in [0.3, 0.4) is 0 Å². The van der Waals surface area contributed by atoms with Crippen molar-refractivity contribution >= 4 is 40.1 Å². The number of aryl methyl sites for hydroxylation is 2. The van der Waals surface area contributed by atoms with Gasteiger partial charge in [-0.2, -0.15) is 23.4 Å². The molecule has 0 fully saturated rings. The summed E-state index contributed by atoms with van der Waals surface area (Å²) in [6.45, 7) is -0.770. The molecule has 4 aromatic heterocycles. The van der Waals surface area contributed by atoms with E-state index in [0.29, 0.717) is 52.5 Å². The number of rotatable bonds is 2.